The summed E-state index contributed by atoms with van der Waals surface area (Å²) in [6, 6.07) is 18.2. The van der Waals surface area contributed by atoms with Gasteiger partial charge < -0.3 is 10.1 Å². The summed E-state index contributed by atoms with van der Waals surface area (Å²) >= 11 is 1.48. The van der Waals surface area contributed by atoms with Crippen molar-refractivity contribution >= 4 is 39.1 Å². The fourth-order valence-electron chi connectivity index (χ4n) is 2.95. The number of nitrogens with zero attached hydrogens (tertiary/aromatic N) is 1. The van der Waals surface area contributed by atoms with Crippen LogP contribution in [0.4, 0.5) is 15.8 Å². The van der Waals surface area contributed by atoms with Gasteiger partial charge in [0.25, 0.3) is 10.0 Å². The van der Waals surface area contributed by atoms with E-state index in [1.54, 1.807) is 36.4 Å². The van der Waals surface area contributed by atoms with E-state index in [0.717, 1.165) is 15.3 Å². The fourth-order valence-corrected chi connectivity index (χ4v) is 4.77. The predicted molar refractivity (Wildman–Crippen MR) is 125 cm³/mol. The van der Waals surface area contributed by atoms with Crippen LogP contribution >= 0.6 is 11.8 Å². The van der Waals surface area contributed by atoms with E-state index in [0.29, 0.717) is 18.0 Å². The van der Waals surface area contributed by atoms with Crippen molar-refractivity contribution in [3.05, 3.63) is 78.6 Å². The number of hydrogen-bond acceptors (Lipinski definition) is 5. The highest BCUT2D eigenvalue weighted by Crippen LogP contribution is 2.26. The zero-order chi connectivity index (χ0) is 23.1. The molecular weight excluding hydrogens is 451 g/mol. The molecule has 3 rings (SSSR count). The number of sulfonamides is 1. The molecule has 3 aromatic rings. The van der Waals surface area contributed by atoms with Gasteiger partial charge in [-0.1, -0.05) is 6.07 Å². The number of ether oxygens (including phenoxy) is 1. The Bertz CT molecular complexity index is 1170. The molecule has 168 valence electrons. The van der Waals surface area contributed by atoms with Gasteiger partial charge in [-0.25, -0.2) is 12.8 Å². The third kappa shape index (κ3) is 5.80. The lowest BCUT2D eigenvalue weighted by molar-refractivity contribution is -0.114. The van der Waals surface area contributed by atoms with Crippen molar-refractivity contribution in [2.75, 3.05) is 29.0 Å². The molecule has 0 saturated carbocycles. The molecule has 0 aliphatic rings. The minimum atomic E-state index is -4.12. The van der Waals surface area contributed by atoms with Crippen LogP contribution in [-0.2, 0) is 14.8 Å². The second-order valence-corrected chi connectivity index (χ2v) is 9.41. The van der Waals surface area contributed by atoms with E-state index in [1.165, 1.54) is 42.1 Å². The maximum absolute atomic E-state index is 13.9. The van der Waals surface area contributed by atoms with Crippen molar-refractivity contribution < 1.29 is 22.3 Å². The van der Waals surface area contributed by atoms with Gasteiger partial charge >= 0.3 is 0 Å². The maximum Gasteiger partial charge on any atom is 0.264 e. The Labute approximate surface area is 191 Å². The molecule has 0 spiro atoms. The minimum Gasteiger partial charge on any atom is -0.494 e. The maximum atomic E-state index is 13.9. The Morgan fingerprint density at radius 2 is 1.75 bits per heavy atom. The van der Waals surface area contributed by atoms with Crippen molar-refractivity contribution in [2.45, 2.75) is 16.7 Å². The summed E-state index contributed by atoms with van der Waals surface area (Å²) in [5.41, 5.74) is 0.542. The highest BCUT2D eigenvalue weighted by molar-refractivity contribution is 7.98. The number of rotatable bonds is 9. The first-order chi connectivity index (χ1) is 15.3. The highest BCUT2D eigenvalue weighted by Gasteiger charge is 2.27. The van der Waals surface area contributed by atoms with Crippen LogP contribution in [0.3, 0.4) is 0 Å². The molecule has 0 unspecified atom stereocenters. The van der Waals surface area contributed by atoms with Gasteiger partial charge in [0.15, 0.2) is 0 Å². The third-order valence-corrected chi connectivity index (χ3v) is 7.01. The molecule has 0 heterocycles. The Balaban J connectivity index is 1.88. The quantitative estimate of drug-likeness (QED) is 0.452. The molecule has 0 aromatic heterocycles. The van der Waals surface area contributed by atoms with Crippen LogP contribution in [-0.4, -0.2) is 33.7 Å². The molecule has 0 saturated heterocycles. The molecule has 6 nitrogen and oxygen atoms in total. The van der Waals surface area contributed by atoms with Crippen molar-refractivity contribution in [2.24, 2.45) is 0 Å². The number of thioether (sulfide) groups is 1. The first kappa shape index (κ1) is 23.6. The Kier molecular flexibility index (Phi) is 7.76. The van der Waals surface area contributed by atoms with Crippen LogP contribution in [0.5, 0.6) is 5.75 Å². The molecule has 0 aliphatic carbocycles. The van der Waals surface area contributed by atoms with Crippen LogP contribution < -0.4 is 14.4 Å². The molecular formula is C23H23FN2O4S2. The average molecular weight is 475 g/mol. The summed E-state index contributed by atoms with van der Waals surface area (Å²) < 4.78 is 46.8. The van der Waals surface area contributed by atoms with Gasteiger partial charge in [-0.05, 0) is 79.9 Å². The van der Waals surface area contributed by atoms with Gasteiger partial charge in [0.1, 0.15) is 18.1 Å². The normalized spacial score (nSPS) is 11.1. The predicted octanol–water partition coefficient (Wildman–Crippen LogP) is 4.78. The molecule has 1 N–H and O–H groups in total. The van der Waals surface area contributed by atoms with Gasteiger partial charge in [-0.2, -0.15) is 0 Å². The van der Waals surface area contributed by atoms with Crippen molar-refractivity contribution in [1.82, 2.24) is 0 Å². The summed E-state index contributed by atoms with van der Waals surface area (Å²) in [6.07, 6.45) is 1.88. The number of benzene rings is 3. The molecule has 3 aromatic carbocycles. The zero-order valence-corrected chi connectivity index (χ0v) is 19.3. The van der Waals surface area contributed by atoms with Gasteiger partial charge in [-0.15, -0.1) is 11.8 Å². The van der Waals surface area contributed by atoms with Gasteiger partial charge in [-0.3, -0.25) is 9.10 Å². The molecule has 0 fully saturated rings. The van der Waals surface area contributed by atoms with Gasteiger partial charge in [0, 0.05) is 10.6 Å². The van der Waals surface area contributed by atoms with Gasteiger partial charge in [0.05, 0.1) is 17.2 Å². The van der Waals surface area contributed by atoms with E-state index in [2.05, 4.69) is 5.32 Å². The van der Waals surface area contributed by atoms with Crippen LogP contribution in [0.1, 0.15) is 6.92 Å². The SMILES string of the molecule is CCOc1ccc(NC(=O)CN(c2cccc(F)c2)S(=O)(=O)c2ccc(SC)cc2)cc1. The molecule has 9 heteroatoms. The number of carbonyl (C=O) groups excluding carboxylic acids is 1. The molecule has 0 bridgehead atoms. The van der Waals surface area contributed by atoms with Gasteiger partial charge in [0.2, 0.25) is 5.91 Å². The van der Waals surface area contributed by atoms with E-state index in [9.17, 15) is 17.6 Å². The number of anilines is 2. The number of carbonyl (C=O) groups is 1. The summed E-state index contributed by atoms with van der Waals surface area (Å²) in [6.45, 7) is 1.86. The zero-order valence-electron chi connectivity index (χ0n) is 17.6. The molecule has 0 aliphatic heterocycles. The van der Waals surface area contributed by atoms with Crippen molar-refractivity contribution in [3.8, 4) is 5.75 Å². The van der Waals surface area contributed by atoms with E-state index >= 15 is 0 Å². The number of hydrogen-bond donors (Lipinski definition) is 1. The molecule has 32 heavy (non-hydrogen) atoms. The summed E-state index contributed by atoms with van der Waals surface area (Å²) in [5, 5.41) is 2.67. The lowest BCUT2D eigenvalue weighted by atomic mass is 10.3. The summed E-state index contributed by atoms with van der Waals surface area (Å²) in [4.78, 5) is 13.6. The second kappa shape index (κ2) is 10.5. The van der Waals surface area contributed by atoms with Crippen LogP contribution in [0.2, 0.25) is 0 Å². The van der Waals surface area contributed by atoms with Crippen molar-refractivity contribution in [1.29, 1.82) is 0 Å². The van der Waals surface area contributed by atoms with Crippen LogP contribution in [0.15, 0.2) is 82.6 Å². The Hall–Kier alpha value is -3.04. The fraction of sp³-hybridized carbons (Fsp3) is 0.174. The largest absolute Gasteiger partial charge is 0.494 e. The number of halogens is 1. The summed E-state index contributed by atoms with van der Waals surface area (Å²) in [5.74, 6) is -0.516. The highest BCUT2D eigenvalue weighted by atomic mass is 32.2. The minimum absolute atomic E-state index is 0.00780. The third-order valence-electron chi connectivity index (χ3n) is 4.48. The van der Waals surface area contributed by atoms with Crippen LogP contribution in [0.25, 0.3) is 0 Å². The monoisotopic (exact) mass is 474 g/mol. The molecule has 0 radical (unpaired) electrons. The lowest BCUT2D eigenvalue weighted by Crippen LogP contribution is -2.38. The smallest absolute Gasteiger partial charge is 0.264 e. The first-order valence-electron chi connectivity index (χ1n) is 9.78. The standard InChI is InChI=1S/C23H23FN2O4S2/c1-3-30-20-9-7-18(8-10-20)25-23(27)16-26(19-6-4-5-17(24)15-19)32(28,29)22-13-11-21(31-2)12-14-22/h4-15H,3,16H2,1-2H3,(H,25,27). The Morgan fingerprint density at radius 3 is 2.34 bits per heavy atom. The number of nitrogens with one attached hydrogen (secondary N) is 1. The molecule has 0 atom stereocenters. The molecule has 1 amide bonds. The van der Waals surface area contributed by atoms with E-state index < -0.39 is 28.3 Å². The topological polar surface area (TPSA) is 75.7 Å². The summed E-state index contributed by atoms with van der Waals surface area (Å²) in [7, 11) is -4.12. The van der Waals surface area contributed by atoms with Crippen LogP contribution in [0, 0.1) is 5.82 Å². The van der Waals surface area contributed by atoms with E-state index in [-0.39, 0.29) is 10.6 Å². The number of amides is 1. The van der Waals surface area contributed by atoms with E-state index in [4.69, 9.17) is 4.74 Å². The van der Waals surface area contributed by atoms with E-state index in [1.807, 2.05) is 13.2 Å². The lowest BCUT2D eigenvalue weighted by Gasteiger charge is -2.24. The average Bonchev–Trinajstić information content (AvgIpc) is 2.79. The first-order valence-corrected chi connectivity index (χ1v) is 12.4. The Morgan fingerprint density at radius 1 is 1.06 bits per heavy atom. The second-order valence-electron chi connectivity index (χ2n) is 6.67. The van der Waals surface area contributed by atoms with Crippen molar-refractivity contribution in [3.63, 3.8) is 0 Å².